The lowest BCUT2D eigenvalue weighted by Gasteiger charge is -2.10. The van der Waals surface area contributed by atoms with E-state index in [0.29, 0.717) is 5.02 Å². The second-order valence-electron chi connectivity index (χ2n) is 2.45. The van der Waals surface area contributed by atoms with Gasteiger partial charge in [-0.2, -0.15) is 0 Å². The average Bonchev–Trinajstić information content (AvgIpc) is 2.01. The van der Waals surface area contributed by atoms with E-state index in [-0.39, 0.29) is 10.6 Å². The van der Waals surface area contributed by atoms with Gasteiger partial charge in [-0.25, -0.2) is 0 Å². The van der Waals surface area contributed by atoms with Crippen molar-refractivity contribution >= 4 is 63.8 Å². The molecule has 0 radical (unpaired) electrons. The van der Waals surface area contributed by atoms with Crippen molar-refractivity contribution in [1.29, 1.82) is 0 Å². The molecule has 0 heterocycles. The van der Waals surface area contributed by atoms with E-state index in [4.69, 9.17) is 58.0 Å². The van der Waals surface area contributed by atoms with Gasteiger partial charge in [0.25, 0.3) is 3.79 Å². The van der Waals surface area contributed by atoms with Crippen LogP contribution in [0.1, 0.15) is 10.4 Å². The molecule has 0 amide bonds. The zero-order chi connectivity index (χ0) is 10.9. The highest BCUT2D eigenvalue weighted by atomic mass is 35.6. The summed E-state index contributed by atoms with van der Waals surface area (Å²) in [6.07, 6.45) is 0. The van der Waals surface area contributed by atoms with Gasteiger partial charge in [-0.3, -0.25) is 4.79 Å². The molecule has 1 aromatic rings. The minimum atomic E-state index is -2.00. The van der Waals surface area contributed by atoms with Crippen LogP contribution in [0, 0.1) is 0 Å². The number of alkyl halides is 3. The third-order valence-electron chi connectivity index (χ3n) is 1.43. The molecule has 0 N–H and O–H groups in total. The highest BCUT2D eigenvalue weighted by Crippen LogP contribution is 2.33. The molecule has 0 spiro atoms. The highest BCUT2D eigenvalue weighted by Gasteiger charge is 2.32. The molecule has 0 bridgehead atoms. The Bertz CT molecular complexity index is 368. The van der Waals surface area contributed by atoms with Gasteiger partial charge in [0.15, 0.2) is 0 Å². The highest BCUT2D eigenvalue weighted by molar-refractivity contribution is 6.77. The Labute approximate surface area is 106 Å². The van der Waals surface area contributed by atoms with Gasteiger partial charge in [0.1, 0.15) is 0 Å². The predicted octanol–water partition coefficient (Wildman–Crippen LogP) is 4.55. The van der Waals surface area contributed by atoms with E-state index in [2.05, 4.69) is 0 Å². The van der Waals surface area contributed by atoms with E-state index in [1.807, 2.05) is 0 Å². The van der Waals surface area contributed by atoms with E-state index < -0.39 is 9.58 Å². The normalized spacial score (nSPS) is 11.5. The molecule has 1 nitrogen and oxygen atoms in total. The predicted molar refractivity (Wildman–Crippen MR) is 61.1 cm³/mol. The molecular formula is C8H3Cl5O. The van der Waals surface area contributed by atoms with Crippen molar-refractivity contribution < 1.29 is 4.79 Å². The third kappa shape index (κ3) is 2.91. The molecule has 76 valence electrons. The second kappa shape index (κ2) is 4.46. The van der Waals surface area contributed by atoms with Gasteiger partial charge in [-0.05, 0) is 18.2 Å². The number of halogens is 5. The summed E-state index contributed by atoms with van der Waals surface area (Å²) < 4.78 is -2.00. The van der Waals surface area contributed by atoms with Gasteiger partial charge in [0.2, 0.25) is 5.78 Å². The van der Waals surface area contributed by atoms with Crippen molar-refractivity contribution in [3.05, 3.63) is 33.8 Å². The SMILES string of the molecule is O=C(c1ccc(Cl)cc1Cl)C(Cl)(Cl)Cl. The second-order valence-corrected chi connectivity index (χ2v) is 5.58. The smallest absolute Gasteiger partial charge is 0.253 e. The number of hydrogen-bond donors (Lipinski definition) is 0. The summed E-state index contributed by atoms with van der Waals surface area (Å²) in [5.41, 5.74) is 0.135. The fourth-order valence-corrected chi connectivity index (χ4v) is 1.63. The summed E-state index contributed by atoms with van der Waals surface area (Å²) in [7, 11) is 0. The van der Waals surface area contributed by atoms with Crippen molar-refractivity contribution in [1.82, 2.24) is 0 Å². The van der Waals surface area contributed by atoms with Crippen molar-refractivity contribution in [2.75, 3.05) is 0 Å². The molecule has 0 atom stereocenters. The maximum absolute atomic E-state index is 11.5. The molecule has 1 rings (SSSR count). The Hall–Kier alpha value is 0.340. The van der Waals surface area contributed by atoms with Gasteiger partial charge in [-0.1, -0.05) is 58.0 Å². The fraction of sp³-hybridized carbons (Fsp3) is 0.125. The van der Waals surface area contributed by atoms with Crippen LogP contribution >= 0.6 is 58.0 Å². The van der Waals surface area contributed by atoms with Gasteiger partial charge < -0.3 is 0 Å². The first kappa shape index (κ1) is 12.4. The lowest BCUT2D eigenvalue weighted by molar-refractivity contribution is 0.0996. The Morgan fingerprint density at radius 1 is 1.14 bits per heavy atom. The molecule has 1 aromatic carbocycles. The fourth-order valence-electron chi connectivity index (χ4n) is 0.826. The molecule has 0 fully saturated rings. The number of benzene rings is 1. The summed E-state index contributed by atoms with van der Waals surface area (Å²) in [6, 6.07) is 4.32. The van der Waals surface area contributed by atoms with Crippen LogP contribution in [0.25, 0.3) is 0 Å². The first-order chi connectivity index (χ1) is 6.32. The molecule has 0 saturated carbocycles. The molecule has 0 saturated heterocycles. The molecule has 0 aliphatic carbocycles. The van der Waals surface area contributed by atoms with Crippen LogP contribution in [0.5, 0.6) is 0 Å². The monoisotopic (exact) mass is 290 g/mol. The third-order valence-corrected chi connectivity index (χ3v) is 2.50. The van der Waals surface area contributed by atoms with Gasteiger partial charge in [0.05, 0.1) is 5.02 Å². The maximum atomic E-state index is 11.5. The van der Waals surface area contributed by atoms with Crippen LogP contribution in [0.3, 0.4) is 0 Å². The summed E-state index contributed by atoms with van der Waals surface area (Å²) in [5.74, 6) is -0.677. The van der Waals surface area contributed by atoms with Crippen LogP contribution in [0.4, 0.5) is 0 Å². The van der Waals surface area contributed by atoms with Crippen LogP contribution in [-0.2, 0) is 0 Å². The molecule has 0 aliphatic rings. The molecule has 0 aromatic heterocycles. The van der Waals surface area contributed by atoms with E-state index in [9.17, 15) is 4.79 Å². The largest absolute Gasteiger partial charge is 0.289 e. The summed E-state index contributed by atoms with van der Waals surface area (Å²) in [6.45, 7) is 0. The van der Waals surface area contributed by atoms with E-state index in [1.165, 1.54) is 18.2 Å². The van der Waals surface area contributed by atoms with Gasteiger partial charge in [0, 0.05) is 10.6 Å². The summed E-state index contributed by atoms with van der Waals surface area (Å²) in [5, 5.41) is 0.574. The number of Topliss-reactive ketones (excluding diaryl/α,β-unsaturated/α-hetero) is 1. The van der Waals surface area contributed by atoms with Gasteiger partial charge in [-0.15, -0.1) is 0 Å². The number of carbonyl (C=O) groups is 1. The van der Waals surface area contributed by atoms with Crippen molar-refractivity contribution in [3.8, 4) is 0 Å². The summed E-state index contributed by atoms with van der Waals surface area (Å²) in [4.78, 5) is 11.5. The molecule has 6 heteroatoms. The lowest BCUT2D eigenvalue weighted by atomic mass is 10.1. The zero-order valence-corrected chi connectivity index (χ0v) is 10.3. The number of hydrogen-bond acceptors (Lipinski definition) is 1. The van der Waals surface area contributed by atoms with Crippen LogP contribution in [0.15, 0.2) is 18.2 Å². The average molecular weight is 292 g/mol. The van der Waals surface area contributed by atoms with Crippen molar-refractivity contribution in [2.24, 2.45) is 0 Å². The zero-order valence-electron chi connectivity index (χ0n) is 6.53. The lowest BCUT2D eigenvalue weighted by Crippen LogP contribution is -2.19. The number of carbonyl (C=O) groups excluding carboxylic acids is 1. The number of ketones is 1. The topological polar surface area (TPSA) is 17.1 Å². The number of rotatable bonds is 1. The van der Waals surface area contributed by atoms with Gasteiger partial charge >= 0.3 is 0 Å². The Morgan fingerprint density at radius 2 is 1.71 bits per heavy atom. The minimum Gasteiger partial charge on any atom is -0.289 e. The maximum Gasteiger partial charge on any atom is 0.253 e. The van der Waals surface area contributed by atoms with E-state index >= 15 is 0 Å². The van der Waals surface area contributed by atoms with Crippen LogP contribution in [-0.4, -0.2) is 9.58 Å². The quantitative estimate of drug-likeness (QED) is 0.548. The first-order valence-corrected chi connectivity index (χ1v) is 5.28. The van der Waals surface area contributed by atoms with Crippen LogP contribution in [0.2, 0.25) is 10.0 Å². The van der Waals surface area contributed by atoms with E-state index in [1.54, 1.807) is 0 Å². The van der Waals surface area contributed by atoms with Crippen LogP contribution < -0.4 is 0 Å². The molecule has 0 aliphatic heterocycles. The Kier molecular flexibility index (Phi) is 3.95. The first-order valence-electron chi connectivity index (χ1n) is 3.39. The Balaban J connectivity index is 3.15. The van der Waals surface area contributed by atoms with E-state index in [0.717, 1.165) is 0 Å². The standard InChI is InChI=1S/C8H3Cl5O/c9-4-1-2-5(6(10)3-4)7(14)8(11,12)13/h1-3H. The Morgan fingerprint density at radius 3 is 2.14 bits per heavy atom. The molecular weight excluding hydrogens is 289 g/mol. The van der Waals surface area contributed by atoms with Crippen molar-refractivity contribution in [3.63, 3.8) is 0 Å². The summed E-state index contributed by atoms with van der Waals surface area (Å²) >= 11 is 27.6. The van der Waals surface area contributed by atoms with Crippen molar-refractivity contribution in [2.45, 2.75) is 3.79 Å². The molecule has 0 unspecified atom stereocenters. The molecule has 14 heavy (non-hydrogen) atoms. The minimum absolute atomic E-state index is 0.135.